The smallest absolute Gasteiger partial charge is 0.331 e. The Morgan fingerprint density at radius 1 is 1.25 bits per heavy atom. The fourth-order valence-corrected chi connectivity index (χ4v) is 0.699. The third-order valence-corrected chi connectivity index (χ3v) is 1.91. The SMILES string of the molecule is C=C(CC)C(=O)O.C=C(CC1CO1)C(=O)O. The first-order valence-corrected chi connectivity index (χ1v) is 4.82. The molecule has 1 heterocycles. The van der Waals surface area contributed by atoms with Gasteiger partial charge in [-0.05, 0) is 6.42 Å². The molecule has 1 aliphatic heterocycles. The van der Waals surface area contributed by atoms with Crippen LogP contribution in [0.15, 0.2) is 24.3 Å². The van der Waals surface area contributed by atoms with Crippen LogP contribution in [0, 0.1) is 0 Å². The van der Waals surface area contributed by atoms with Crippen molar-refractivity contribution in [3.63, 3.8) is 0 Å². The lowest BCUT2D eigenvalue weighted by Crippen LogP contribution is -2.01. The highest BCUT2D eigenvalue weighted by Gasteiger charge is 2.24. The van der Waals surface area contributed by atoms with E-state index in [-0.39, 0.29) is 17.3 Å². The number of carboxylic acids is 2. The van der Waals surface area contributed by atoms with Gasteiger partial charge in [0.15, 0.2) is 0 Å². The van der Waals surface area contributed by atoms with E-state index < -0.39 is 11.9 Å². The summed E-state index contributed by atoms with van der Waals surface area (Å²) in [6, 6.07) is 0. The van der Waals surface area contributed by atoms with Gasteiger partial charge < -0.3 is 14.9 Å². The minimum atomic E-state index is -0.925. The summed E-state index contributed by atoms with van der Waals surface area (Å²) in [5.41, 5.74) is 0.498. The third-order valence-electron chi connectivity index (χ3n) is 1.91. The number of ether oxygens (including phenoxy) is 1. The molecular weight excluding hydrogens is 212 g/mol. The molecule has 1 fully saturated rings. The number of rotatable bonds is 5. The highest BCUT2D eigenvalue weighted by molar-refractivity contribution is 5.86. The van der Waals surface area contributed by atoms with Crippen LogP contribution in [0.3, 0.4) is 0 Å². The zero-order chi connectivity index (χ0) is 12.7. The second-order valence-corrected chi connectivity index (χ2v) is 3.33. The molecule has 5 heteroatoms. The predicted molar refractivity (Wildman–Crippen MR) is 58.2 cm³/mol. The Kier molecular flexibility index (Phi) is 6.10. The van der Waals surface area contributed by atoms with Gasteiger partial charge in [-0.2, -0.15) is 0 Å². The molecule has 16 heavy (non-hydrogen) atoms. The van der Waals surface area contributed by atoms with Gasteiger partial charge in [0.2, 0.25) is 0 Å². The van der Waals surface area contributed by atoms with Gasteiger partial charge >= 0.3 is 11.9 Å². The van der Waals surface area contributed by atoms with Crippen molar-refractivity contribution in [2.24, 2.45) is 0 Å². The lowest BCUT2D eigenvalue weighted by Gasteiger charge is -1.92. The number of carbonyl (C=O) groups is 2. The number of carboxylic acid groups (broad SMARTS) is 2. The second-order valence-electron chi connectivity index (χ2n) is 3.33. The van der Waals surface area contributed by atoms with Gasteiger partial charge in [0.1, 0.15) is 0 Å². The number of epoxide rings is 1. The Morgan fingerprint density at radius 3 is 1.88 bits per heavy atom. The predicted octanol–water partition coefficient (Wildman–Crippen LogP) is 1.45. The average molecular weight is 228 g/mol. The summed E-state index contributed by atoms with van der Waals surface area (Å²) in [5.74, 6) is -1.83. The zero-order valence-electron chi connectivity index (χ0n) is 9.23. The standard InChI is InChI=1S/C6H8O3.C5H8O2/c1-4(6(7)8)2-5-3-9-5;1-3-4(2)5(6)7/h5H,1-3H2,(H,7,8);2-3H2,1H3,(H,6,7). The summed E-state index contributed by atoms with van der Waals surface area (Å²) in [6.45, 7) is 9.08. The quantitative estimate of drug-likeness (QED) is 0.549. The summed E-state index contributed by atoms with van der Waals surface area (Å²) in [7, 11) is 0. The van der Waals surface area contributed by atoms with Gasteiger partial charge in [-0.15, -0.1) is 0 Å². The van der Waals surface area contributed by atoms with Crippen molar-refractivity contribution < 1.29 is 24.5 Å². The molecule has 1 aliphatic rings. The minimum absolute atomic E-state index is 0.133. The van der Waals surface area contributed by atoms with Crippen LogP contribution >= 0.6 is 0 Å². The Morgan fingerprint density at radius 2 is 1.69 bits per heavy atom. The maximum Gasteiger partial charge on any atom is 0.331 e. The van der Waals surface area contributed by atoms with E-state index in [9.17, 15) is 9.59 Å². The average Bonchev–Trinajstić information content (AvgIpc) is 3.01. The van der Waals surface area contributed by atoms with Crippen molar-refractivity contribution in [1.82, 2.24) is 0 Å². The van der Waals surface area contributed by atoms with Crippen molar-refractivity contribution in [3.05, 3.63) is 24.3 Å². The molecule has 0 aliphatic carbocycles. The molecule has 0 amide bonds. The molecule has 1 saturated heterocycles. The zero-order valence-corrected chi connectivity index (χ0v) is 9.23. The van der Waals surface area contributed by atoms with Crippen LogP contribution < -0.4 is 0 Å². The molecule has 0 saturated carbocycles. The van der Waals surface area contributed by atoms with E-state index in [0.29, 0.717) is 19.4 Å². The van der Waals surface area contributed by atoms with E-state index in [1.54, 1.807) is 6.92 Å². The maximum absolute atomic E-state index is 10.1. The monoisotopic (exact) mass is 228 g/mol. The molecule has 1 unspecified atom stereocenters. The third kappa shape index (κ3) is 6.78. The Labute approximate surface area is 94.0 Å². The number of hydrogen-bond donors (Lipinski definition) is 2. The molecule has 0 aromatic rings. The van der Waals surface area contributed by atoms with Crippen LogP contribution in [-0.4, -0.2) is 34.9 Å². The summed E-state index contributed by atoms with van der Waals surface area (Å²) in [5, 5.41) is 16.4. The van der Waals surface area contributed by atoms with E-state index in [2.05, 4.69) is 13.2 Å². The van der Waals surface area contributed by atoms with Crippen molar-refractivity contribution in [3.8, 4) is 0 Å². The molecule has 0 aromatic heterocycles. The molecule has 2 N–H and O–H groups in total. The summed E-state index contributed by atoms with van der Waals surface area (Å²) in [6.07, 6.45) is 1.12. The highest BCUT2D eigenvalue weighted by atomic mass is 16.6. The van der Waals surface area contributed by atoms with Crippen molar-refractivity contribution >= 4 is 11.9 Å². The Balaban J connectivity index is 0.000000293. The number of aliphatic carboxylic acids is 2. The van der Waals surface area contributed by atoms with Crippen molar-refractivity contribution in [2.75, 3.05) is 6.61 Å². The number of hydrogen-bond acceptors (Lipinski definition) is 3. The van der Waals surface area contributed by atoms with Crippen LogP contribution in [-0.2, 0) is 14.3 Å². The summed E-state index contributed by atoms with van der Waals surface area (Å²) >= 11 is 0. The van der Waals surface area contributed by atoms with Crippen molar-refractivity contribution in [2.45, 2.75) is 25.9 Å². The molecule has 5 nitrogen and oxygen atoms in total. The fourth-order valence-electron chi connectivity index (χ4n) is 0.699. The molecule has 0 aromatic carbocycles. The summed E-state index contributed by atoms with van der Waals surface area (Å²) < 4.78 is 4.81. The van der Waals surface area contributed by atoms with Crippen LogP contribution in [0.5, 0.6) is 0 Å². The molecule has 1 rings (SSSR count). The van der Waals surface area contributed by atoms with Gasteiger partial charge in [0.25, 0.3) is 0 Å². The van der Waals surface area contributed by atoms with E-state index in [1.165, 1.54) is 0 Å². The molecular formula is C11H16O5. The largest absolute Gasteiger partial charge is 0.478 e. The molecule has 0 spiro atoms. The van der Waals surface area contributed by atoms with E-state index in [1.807, 2.05) is 0 Å². The van der Waals surface area contributed by atoms with Gasteiger partial charge in [-0.1, -0.05) is 20.1 Å². The normalized spacial score (nSPS) is 16.7. The minimum Gasteiger partial charge on any atom is -0.478 e. The van der Waals surface area contributed by atoms with Gasteiger partial charge in [-0.3, -0.25) is 0 Å². The molecule has 0 bridgehead atoms. The lowest BCUT2D eigenvalue weighted by atomic mass is 10.2. The van der Waals surface area contributed by atoms with Crippen LogP contribution in [0.2, 0.25) is 0 Å². The topological polar surface area (TPSA) is 87.1 Å². The van der Waals surface area contributed by atoms with Crippen LogP contribution in [0.1, 0.15) is 19.8 Å². The van der Waals surface area contributed by atoms with E-state index in [4.69, 9.17) is 14.9 Å². The highest BCUT2D eigenvalue weighted by Crippen LogP contribution is 2.17. The lowest BCUT2D eigenvalue weighted by molar-refractivity contribution is -0.133. The molecule has 90 valence electrons. The van der Waals surface area contributed by atoms with E-state index in [0.717, 1.165) is 0 Å². The first-order valence-electron chi connectivity index (χ1n) is 4.82. The Hall–Kier alpha value is -1.62. The first kappa shape index (κ1) is 14.4. The van der Waals surface area contributed by atoms with Gasteiger partial charge in [0, 0.05) is 17.6 Å². The first-order chi connectivity index (χ1) is 7.38. The summed E-state index contributed by atoms with van der Waals surface area (Å²) in [4.78, 5) is 19.9. The molecule has 0 radical (unpaired) electrons. The fraction of sp³-hybridized carbons (Fsp3) is 0.455. The van der Waals surface area contributed by atoms with Gasteiger partial charge in [-0.25, -0.2) is 9.59 Å². The van der Waals surface area contributed by atoms with Crippen molar-refractivity contribution in [1.29, 1.82) is 0 Å². The second kappa shape index (κ2) is 6.79. The van der Waals surface area contributed by atoms with Gasteiger partial charge in [0.05, 0.1) is 12.7 Å². The van der Waals surface area contributed by atoms with Crippen LogP contribution in [0.4, 0.5) is 0 Å². The van der Waals surface area contributed by atoms with E-state index >= 15 is 0 Å². The Bertz CT molecular complexity index is 301. The molecule has 1 atom stereocenters. The van der Waals surface area contributed by atoms with Crippen LogP contribution in [0.25, 0.3) is 0 Å². The maximum atomic E-state index is 10.1.